The van der Waals surface area contributed by atoms with Crippen LogP contribution in [0.2, 0.25) is 0 Å². The standard InChI is InChI=1S/C18H13F4NO2S2/c19-15-6-2-4-13(8-15)16-9-26-17(23-16)11-27(24,25)10-12-3-1-5-14(7-12)18(20,21)22/h1-9H,10-11H2. The summed E-state index contributed by atoms with van der Waals surface area (Å²) in [5.74, 6) is -1.35. The zero-order chi connectivity index (χ0) is 19.7. The van der Waals surface area contributed by atoms with Crippen LogP contribution in [0.1, 0.15) is 16.1 Å². The van der Waals surface area contributed by atoms with Gasteiger partial charge in [-0.2, -0.15) is 13.2 Å². The van der Waals surface area contributed by atoms with Gasteiger partial charge in [0.25, 0.3) is 0 Å². The van der Waals surface area contributed by atoms with Crippen LogP contribution < -0.4 is 0 Å². The van der Waals surface area contributed by atoms with Crippen LogP contribution >= 0.6 is 11.3 Å². The summed E-state index contributed by atoms with van der Waals surface area (Å²) >= 11 is 1.10. The maximum Gasteiger partial charge on any atom is 0.416 e. The summed E-state index contributed by atoms with van der Waals surface area (Å²) in [6, 6.07) is 9.99. The van der Waals surface area contributed by atoms with Crippen LogP contribution in [0.3, 0.4) is 0 Å². The predicted molar refractivity (Wildman–Crippen MR) is 95.3 cm³/mol. The molecule has 0 fully saturated rings. The number of sulfone groups is 1. The highest BCUT2D eigenvalue weighted by atomic mass is 32.2. The van der Waals surface area contributed by atoms with Crippen molar-refractivity contribution in [1.29, 1.82) is 0 Å². The van der Waals surface area contributed by atoms with E-state index in [9.17, 15) is 26.0 Å². The van der Waals surface area contributed by atoms with Crippen molar-refractivity contribution in [3.63, 3.8) is 0 Å². The van der Waals surface area contributed by atoms with Crippen LogP contribution in [0.25, 0.3) is 11.3 Å². The zero-order valence-electron chi connectivity index (χ0n) is 13.7. The van der Waals surface area contributed by atoms with E-state index in [2.05, 4.69) is 4.98 Å². The SMILES string of the molecule is O=S(=O)(Cc1cccc(C(F)(F)F)c1)Cc1nc(-c2cccc(F)c2)cs1. The molecule has 1 aromatic heterocycles. The fourth-order valence-electron chi connectivity index (χ4n) is 2.49. The van der Waals surface area contributed by atoms with Gasteiger partial charge in [0, 0.05) is 10.9 Å². The maximum absolute atomic E-state index is 13.3. The minimum atomic E-state index is -4.53. The van der Waals surface area contributed by atoms with Gasteiger partial charge in [0.1, 0.15) is 16.6 Å². The zero-order valence-corrected chi connectivity index (χ0v) is 15.3. The molecule has 9 heteroatoms. The van der Waals surface area contributed by atoms with Gasteiger partial charge in [0.2, 0.25) is 0 Å². The highest BCUT2D eigenvalue weighted by Gasteiger charge is 2.30. The average molecular weight is 415 g/mol. The minimum Gasteiger partial charge on any atom is -0.240 e. The fraction of sp³-hybridized carbons (Fsp3) is 0.167. The quantitative estimate of drug-likeness (QED) is 0.546. The molecule has 3 rings (SSSR count). The highest BCUT2D eigenvalue weighted by molar-refractivity contribution is 7.89. The molecule has 0 bridgehead atoms. The summed E-state index contributed by atoms with van der Waals surface area (Å²) < 4.78 is 76.3. The predicted octanol–water partition coefficient (Wildman–Crippen LogP) is 5.08. The van der Waals surface area contributed by atoms with Gasteiger partial charge >= 0.3 is 6.18 Å². The molecule has 0 aliphatic rings. The summed E-state index contributed by atoms with van der Waals surface area (Å²) in [4.78, 5) is 4.20. The second kappa shape index (κ2) is 7.40. The second-order valence-electron chi connectivity index (χ2n) is 5.87. The molecule has 0 N–H and O–H groups in total. The van der Waals surface area contributed by atoms with E-state index in [4.69, 9.17) is 0 Å². The number of thiazole rings is 1. The van der Waals surface area contributed by atoms with Gasteiger partial charge in [-0.05, 0) is 23.8 Å². The van der Waals surface area contributed by atoms with E-state index in [1.807, 2.05) is 0 Å². The smallest absolute Gasteiger partial charge is 0.240 e. The molecule has 1 heterocycles. The molecule has 3 aromatic rings. The van der Waals surface area contributed by atoms with E-state index in [1.165, 1.54) is 30.3 Å². The number of rotatable bonds is 5. The van der Waals surface area contributed by atoms with Gasteiger partial charge in [-0.3, -0.25) is 0 Å². The normalized spacial score (nSPS) is 12.3. The van der Waals surface area contributed by atoms with Gasteiger partial charge in [0.15, 0.2) is 9.84 Å². The molecule has 2 aromatic carbocycles. The lowest BCUT2D eigenvalue weighted by atomic mass is 10.1. The van der Waals surface area contributed by atoms with Crippen molar-refractivity contribution in [2.45, 2.75) is 17.7 Å². The lowest BCUT2D eigenvalue weighted by Crippen LogP contribution is -2.10. The number of aromatic nitrogens is 1. The number of benzene rings is 2. The first kappa shape index (κ1) is 19.5. The van der Waals surface area contributed by atoms with Gasteiger partial charge in [0.05, 0.1) is 17.0 Å². The molecule has 27 heavy (non-hydrogen) atoms. The largest absolute Gasteiger partial charge is 0.416 e. The van der Waals surface area contributed by atoms with E-state index in [-0.39, 0.29) is 5.56 Å². The topological polar surface area (TPSA) is 47.0 Å². The molecule has 0 aliphatic heterocycles. The Kier molecular flexibility index (Phi) is 5.34. The summed E-state index contributed by atoms with van der Waals surface area (Å²) in [5, 5.41) is 1.91. The minimum absolute atomic E-state index is 0.0618. The van der Waals surface area contributed by atoms with E-state index in [0.717, 1.165) is 23.5 Å². The average Bonchev–Trinajstić information content (AvgIpc) is 3.01. The lowest BCUT2D eigenvalue weighted by molar-refractivity contribution is -0.137. The lowest BCUT2D eigenvalue weighted by Gasteiger charge is -2.09. The van der Waals surface area contributed by atoms with E-state index in [1.54, 1.807) is 11.4 Å². The second-order valence-corrected chi connectivity index (χ2v) is 8.87. The Morgan fingerprint density at radius 2 is 1.74 bits per heavy atom. The maximum atomic E-state index is 13.3. The van der Waals surface area contributed by atoms with Crippen LogP contribution in [0, 0.1) is 5.82 Å². The van der Waals surface area contributed by atoms with Crippen LogP contribution in [0.15, 0.2) is 53.9 Å². The third-order valence-corrected chi connectivity index (χ3v) is 6.17. The molecular weight excluding hydrogens is 402 g/mol. The third kappa shape index (κ3) is 5.14. The van der Waals surface area contributed by atoms with Crippen molar-refractivity contribution in [2.75, 3.05) is 0 Å². The Hall–Kier alpha value is -2.26. The molecule has 0 spiro atoms. The molecule has 3 nitrogen and oxygen atoms in total. The van der Waals surface area contributed by atoms with Crippen molar-refractivity contribution >= 4 is 21.2 Å². The number of alkyl halides is 3. The van der Waals surface area contributed by atoms with Crippen LogP contribution in [0.4, 0.5) is 17.6 Å². The third-order valence-electron chi connectivity index (χ3n) is 3.66. The fourth-order valence-corrected chi connectivity index (χ4v) is 5.12. The van der Waals surface area contributed by atoms with E-state index < -0.39 is 38.9 Å². The van der Waals surface area contributed by atoms with Crippen molar-refractivity contribution in [1.82, 2.24) is 4.98 Å². The first-order chi connectivity index (χ1) is 12.6. The number of hydrogen-bond donors (Lipinski definition) is 0. The Morgan fingerprint density at radius 1 is 1.00 bits per heavy atom. The molecule has 0 unspecified atom stereocenters. The molecule has 0 radical (unpaired) electrons. The van der Waals surface area contributed by atoms with Gasteiger partial charge < -0.3 is 0 Å². The number of nitrogens with zero attached hydrogens (tertiary/aromatic N) is 1. The van der Waals surface area contributed by atoms with Crippen molar-refractivity contribution < 1.29 is 26.0 Å². The summed E-state index contributed by atoms with van der Waals surface area (Å²) in [6.45, 7) is 0. The van der Waals surface area contributed by atoms with Gasteiger partial charge in [-0.1, -0.05) is 30.3 Å². The first-order valence-corrected chi connectivity index (χ1v) is 10.4. The summed E-state index contributed by atoms with van der Waals surface area (Å²) in [5.41, 5.74) is 0.140. The van der Waals surface area contributed by atoms with E-state index in [0.29, 0.717) is 16.3 Å². The number of halogens is 4. The monoisotopic (exact) mass is 415 g/mol. The van der Waals surface area contributed by atoms with Crippen molar-refractivity contribution in [3.8, 4) is 11.3 Å². The molecule has 0 saturated heterocycles. The van der Waals surface area contributed by atoms with E-state index >= 15 is 0 Å². The van der Waals surface area contributed by atoms with Crippen LogP contribution in [-0.4, -0.2) is 13.4 Å². The molecule has 0 atom stereocenters. The Labute approximate surface area is 157 Å². The van der Waals surface area contributed by atoms with Crippen LogP contribution in [0.5, 0.6) is 0 Å². The Bertz CT molecular complexity index is 1060. The molecule has 142 valence electrons. The van der Waals surface area contributed by atoms with Crippen molar-refractivity contribution in [3.05, 3.63) is 75.9 Å². The molecular formula is C18H13F4NO2S2. The van der Waals surface area contributed by atoms with Crippen molar-refractivity contribution in [2.24, 2.45) is 0 Å². The van der Waals surface area contributed by atoms with Crippen LogP contribution in [-0.2, 0) is 27.5 Å². The van der Waals surface area contributed by atoms with Gasteiger partial charge in [-0.25, -0.2) is 17.8 Å². The molecule has 0 saturated carbocycles. The summed E-state index contributed by atoms with van der Waals surface area (Å²) in [7, 11) is -3.72. The van der Waals surface area contributed by atoms with Gasteiger partial charge in [-0.15, -0.1) is 11.3 Å². The number of hydrogen-bond acceptors (Lipinski definition) is 4. The molecule has 0 amide bonds. The Morgan fingerprint density at radius 3 is 2.44 bits per heavy atom. The first-order valence-electron chi connectivity index (χ1n) is 7.69. The Balaban J connectivity index is 1.76. The summed E-state index contributed by atoms with van der Waals surface area (Å²) in [6.07, 6.45) is -4.53. The molecule has 0 aliphatic carbocycles. The highest BCUT2D eigenvalue weighted by Crippen LogP contribution is 2.30.